The van der Waals surface area contributed by atoms with E-state index in [9.17, 15) is 9.18 Å². The highest BCUT2D eigenvalue weighted by Crippen LogP contribution is 2.40. The maximum Gasteiger partial charge on any atom is 0.267 e. The molecule has 7 heteroatoms. The standard InChI is InChI=1S/C30H28BrFN2O2S/c1-20-7-5-6-10-26(20)34-29(35)28(37-30(34)33-24-8-3-2-4-9-24)18-22-13-16-27(25(31)17-22)36-19-21-11-14-23(32)15-12-21/h2-4,8-9,11-18,20,26H,5-7,10,19H2,1H3/b28-18-,33-30?/t20-,26-/m0/s1. The minimum atomic E-state index is -0.268. The van der Waals surface area contributed by atoms with Gasteiger partial charge in [0, 0.05) is 6.04 Å². The highest BCUT2D eigenvalue weighted by molar-refractivity contribution is 9.10. The number of carbonyl (C=O) groups is 1. The average molecular weight is 580 g/mol. The number of amides is 1. The maximum absolute atomic E-state index is 13.7. The second-order valence-electron chi connectivity index (χ2n) is 9.45. The third-order valence-corrected chi connectivity index (χ3v) is 8.38. The van der Waals surface area contributed by atoms with Crippen LogP contribution < -0.4 is 4.74 Å². The van der Waals surface area contributed by atoms with Gasteiger partial charge in [-0.1, -0.05) is 56.2 Å². The Hall–Kier alpha value is -2.90. The number of ether oxygens (including phenoxy) is 1. The van der Waals surface area contributed by atoms with Crippen LogP contribution in [0.2, 0.25) is 0 Å². The van der Waals surface area contributed by atoms with Crippen LogP contribution in [0, 0.1) is 11.7 Å². The quantitative estimate of drug-likeness (QED) is 0.276. The van der Waals surface area contributed by atoms with Gasteiger partial charge in [0.25, 0.3) is 5.91 Å². The van der Waals surface area contributed by atoms with Crippen molar-refractivity contribution in [1.82, 2.24) is 4.90 Å². The topological polar surface area (TPSA) is 41.9 Å². The molecule has 0 aromatic heterocycles. The van der Waals surface area contributed by atoms with Crippen molar-refractivity contribution in [2.45, 2.75) is 45.3 Å². The summed E-state index contributed by atoms with van der Waals surface area (Å²) in [5.74, 6) is 0.868. The van der Waals surface area contributed by atoms with Crippen molar-refractivity contribution in [2.75, 3.05) is 0 Å². The van der Waals surface area contributed by atoms with E-state index in [0.717, 1.165) is 45.7 Å². The summed E-state index contributed by atoms with van der Waals surface area (Å²) in [6.45, 7) is 2.58. The maximum atomic E-state index is 13.7. The Labute approximate surface area is 229 Å². The lowest BCUT2D eigenvalue weighted by Crippen LogP contribution is -2.44. The molecule has 0 N–H and O–H groups in total. The highest BCUT2D eigenvalue weighted by atomic mass is 79.9. The number of aliphatic imine (C=N–C) groups is 1. The summed E-state index contributed by atoms with van der Waals surface area (Å²) in [4.78, 5) is 21.2. The van der Waals surface area contributed by atoms with E-state index < -0.39 is 0 Å². The Morgan fingerprint density at radius 3 is 2.57 bits per heavy atom. The summed E-state index contributed by atoms with van der Waals surface area (Å²) < 4.78 is 19.8. The largest absolute Gasteiger partial charge is 0.488 e. The van der Waals surface area contributed by atoms with Crippen molar-refractivity contribution < 1.29 is 13.9 Å². The number of para-hydroxylation sites is 1. The molecule has 4 nitrogen and oxygen atoms in total. The van der Waals surface area contributed by atoms with Crippen LogP contribution in [-0.2, 0) is 11.4 Å². The molecule has 3 aromatic rings. The van der Waals surface area contributed by atoms with Crippen LogP contribution in [0.3, 0.4) is 0 Å². The number of benzene rings is 3. The number of amidine groups is 1. The number of hydrogen-bond acceptors (Lipinski definition) is 4. The predicted octanol–water partition coefficient (Wildman–Crippen LogP) is 8.35. The van der Waals surface area contributed by atoms with Gasteiger partial charge in [0.2, 0.25) is 0 Å². The van der Waals surface area contributed by atoms with Gasteiger partial charge in [-0.3, -0.25) is 9.69 Å². The number of thioether (sulfide) groups is 1. The normalized spacial score (nSPS) is 22.1. The fourth-order valence-corrected chi connectivity index (χ4v) is 6.32. The molecular formula is C30H28BrFN2O2S. The van der Waals surface area contributed by atoms with Crippen LogP contribution >= 0.6 is 27.7 Å². The fraction of sp³-hybridized carbons (Fsp3) is 0.267. The molecule has 3 aromatic carbocycles. The van der Waals surface area contributed by atoms with Crippen LogP contribution in [0.1, 0.15) is 43.7 Å². The molecule has 1 aliphatic carbocycles. The first-order chi connectivity index (χ1) is 18.0. The molecule has 0 radical (unpaired) electrons. The number of nitrogens with zero attached hydrogens (tertiary/aromatic N) is 2. The van der Waals surface area contributed by atoms with E-state index in [0.29, 0.717) is 23.2 Å². The summed E-state index contributed by atoms with van der Waals surface area (Å²) in [6, 6.07) is 22.0. The summed E-state index contributed by atoms with van der Waals surface area (Å²) in [6.07, 6.45) is 6.40. The lowest BCUT2D eigenvalue weighted by Gasteiger charge is -2.35. The van der Waals surface area contributed by atoms with Gasteiger partial charge in [-0.25, -0.2) is 9.38 Å². The van der Waals surface area contributed by atoms with E-state index in [1.165, 1.54) is 30.3 Å². The molecule has 0 bridgehead atoms. The minimum Gasteiger partial charge on any atom is -0.488 e. The van der Waals surface area contributed by atoms with Crippen LogP contribution in [-0.4, -0.2) is 22.0 Å². The first kappa shape index (κ1) is 25.7. The Morgan fingerprint density at radius 1 is 1.08 bits per heavy atom. The average Bonchev–Trinajstić information content (AvgIpc) is 3.19. The smallest absolute Gasteiger partial charge is 0.267 e. The van der Waals surface area contributed by atoms with Crippen molar-refractivity contribution in [3.8, 4) is 5.75 Å². The molecule has 0 spiro atoms. The molecule has 37 heavy (non-hydrogen) atoms. The van der Waals surface area contributed by atoms with Crippen molar-refractivity contribution in [3.63, 3.8) is 0 Å². The van der Waals surface area contributed by atoms with Crippen LogP contribution in [0.4, 0.5) is 10.1 Å². The number of halogens is 2. The molecule has 0 unspecified atom stereocenters. The molecular weight excluding hydrogens is 551 g/mol. The molecule has 1 saturated heterocycles. The second kappa shape index (κ2) is 11.7. The fourth-order valence-electron chi connectivity index (χ4n) is 4.77. The van der Waals surface area contributed by atoms with E-state index in [2.05, 4.69) is 22.9 Å². The Bertz CT molecular complexity index is 1330. The SMILES string of the molecule is C[C@H]1CCCC[C@@H]1N1C(=O)/C(=C/c2ccc(OCc3ccc(F)cc3)c(Br)c2)SC1=Nc1ccccc1. The summed E-state index contributed by atoms with van der Waals surface area (Å²) in [5, 5.41) is 0.750. The minimum absolute atomic E-state index is 0.0196. The van der Waals surface area contributed by atoms with Gasteiger partial charge < -0.3 is 4.74 Å². The van der Waals surface area contributed by atoms with Gasteiger partial charge in [-0.2, -0.15) is 0 Å². The zero-order chi connectivity index (χ0) is 25.8. The summed E-state index contributed by atoms with van der Waals surface area (Å²) >= 11 is 5.04. The third-order valence-electron chi connectivity index (χ3n) is 6.78. The van der Waals surface area contributed by atoms with Crippen molar-refractivity contribution >= 4 is 50.5 Å². The second-order valence-corrected chi connectivity index (χ2v) is 11.3. The first-order valence-corrected chi connectivity index (χ1v) is 14.1. The Kier molecular flexibility index (Phi) is 8.11. The van der Waals surface area contributed by atoms with Gasteiger partial charge in [0.1, 0.15) is 18.2 Å². The van der Waals surface area contributed by atoms with Gasteiger partial charge in [0.05, 0.1) is 15.1 Å². The molecule has 5 rings (SSSR count). The molecule has 1 heterocycles. The number of carbonyl (C=O) groups excluding carboxylic acids is 1. The summed E-state index contributed by atoms with van der Waals surface area (Å²) in [5.41, 5.74) is 2.63. The molecule has 1 saturated carbocycles. The molecule has 1 aliphatic heterocycles. The van der Waals surface area contributed by atoms with Crippen LogP contribution in [0.15, 0.2) is 87.2 Å². The molecule has 190 valence electrons. The molecule has 1 amide bonds. The van der Waals surface area contributed by atoms with E-state index in [4.69, 9.17) is 9.73 Å². The predicted molar refractivity (Wildman–Crippen MR) is 152 cm³/mol. The highest BCUT2D eigenvalue weighted by Gasteiger charge is 2.41. The van der Waals surface area contributed by atoms with Crippen molar-refractivity contribution in [1.29, 1.82) is 0 Å². The first-order valence-electron chi connectivity index (χ1n) is 12.5. The lowest BCUT2D eigenvalue weighted by atomic mass is 9.85. The van der Waals surface area contributed by atoms with Gasteiger partial charge >= 0.3 is 0 Å². The lowest BCUT2D eigenvalue weighted by molar-refractivity contribution is -0.124. The van der Waals surface area contributed by atoms with E-state index in [-0.39, 0.29) is 17.8 Å². The Balaban J connectivity index is 1.38. The van der Waals surface area contributed by atoms with Gasteiger partial charge in [0.15, 0.2) is 5.17 Å². The van der Waals surface area contributed by atoms with Crippen LogP contribution in [0.5, 0.6) is 5.75 Å². The third kappa shape index (κ3) is 6.16. The van der Waals surface area contributed by atoms with E-state index >= 15 is 0 Å². The summed E-state index contributed by atoms with van der Waals surface area (Å²) in [7, 11) is 0. The van der Waals surface area contributed by atoms with Crippen molar-refractivity contribution in [2.24, 2.45) is 10.9 Å². The van der Waals surface area contributed by atoms with E-state index in [1.807, 2.05) is 59.5 Å². The number of rotatable bonds is 6. The Morgan fingerprint density at radius 2 is 1.84 bits per heavy atom. The van der Waals surface area contributed by atoms with Crippen LogP contribution in [0.25, 0.3) is 6.08 Å². The molecule has 2 atom stereocenters. The monoisotopic (exact) mass is 578 g/mol. The van der Waals surface area contributed by atoms with Gasteiger partial charge in [-0.15, -0.1) is 0 Å². The molecule has 2 fully saturated rings. The zero-order valence-corrected chi connectivity index (χ0v) is 23.0. The zero-order valence-electron chi connectivity index (χ0n) is 20.6. The molecule has 2 aliphatic rings. The van der Waals surface area contributed by atoms with Gasteiger partial charge in [-0.05, 0) is 100 Å². The van der Waals surface area contributed by atoms with E-state index in [1.54, 1.807) is 12.1 Å². The number of hydrogen-bond donors (Lipinski definition) is 0. The van der Waals surface area contributed by atoms with Crippen molar-refractivity contribution in [3.05, 3.63) is 99.1 Å².